The normalized spacial score (nSPS) is 11.9. The average Bonchev–Trinajstić information content (AvgIpc) is 2.28. The van der Waals surface area contributed by atoms with Crippen molar-refractivity contribution in [1.29, 1.82) is 0 Å². The van der Waals surface area contributed by atoms with Crippen LogP contribution in [0.5, 0.6) is 5.75 Å². The number of hydroxylamine groups is 2. The lowest BCUT2D eigenvalue weighted by molar-refractivity contribution is -1.04. The molecule has 1 aromatic rings. The van der Waals surface area contributed by atoms with Gasteiger partial charge in [0.1, 0.15) is 17.9 Å². The molecule has 0 spiro atoms. The molecule has 2 N–H and O–H groups in total. The maximum atomic E-state index is 11.4. The maximum absolute atomic E-state index is 11.4. The van der Waals surface area contributed by atoms with Gasteiger partial charge in [-0.2, -0.15) is 0 Å². The SMILES string of the molecule is C[NH+]([O-])OCCC(=O)Oc1ccccc1C(=O)O. The Kier molecular flexibility index (Phi) is 5.25. The molecule has 0 radical (unpaired) electrons. The number of carboxylic acid groups (broad SMARTS) is 1. The molecule has 0 bridgehead atoms. The van der Waals surface area contributed by atoms with Crippen molar-refractivity contribution in [1.82, 2.24) is 0 Å². The lowest BCUT2D eigenvalue weighted by Crippen LogP contribution is -3.02. The molecule has 0 aliphatic rings. The molecule has 0 aliphatic carbocycles. The summed E-state index contributed by atoms with van der Waals surface area (Å²) < 4.78 is 4.88. The van der Waals surface area contributed by atoms with Gasteiger partial charge in [0.05, 0.1) is 13.5 Å². The third-order valence-electron chi connectivity index (χ3n) is 1.95. The van der Waals surface area contributed by atoms with Crippen LogP contribution in [0.1, 0.15) is 16.8 Å². The second kappa shape index (κ2) is 6.70. The lowest BCUT2D eigenvalue weighted by Gasteiger charge is -2.13. The number of aromatic carboxylic acids is 1. The van der Waals surface area contributed by atoms with Crippen LogP contribution in [-0.2, 0) is 9.63 Å². The number of rotatable bonds is 6. The summed E-state index contributed by atoms with van der Waals surface area (Å²) in [7, 11) is 1.23. The third-order valence-corrected chi connectivity index (χ3v) is 1.95. The zero-order chi connectivity index (χ0) is 13.5. The topological polar surface area (TPSA) is 100 Å². The molecular formula is C11H13NO6. The molecule has 0 aromatic heterocycles. The van der Waals surface area contributed by atoms with E-state index in [0.717, 1.165) is 0 Å². The molecule has 0 fully saturated rings. The van der Waals surface area contributed by atoms with Gasteiger partial charge in [0.15, 0.2) is 0 Å². The second-order valence-corrected chi connectivity index (χ2v) is 3.37. The zero-order valence-corrected chi connectivity index (χ0v) is 9.71. The van der Waals surface area contributed by atoms with Crippen LogP contribution in [0, 0.1) is 5.21 Å². The second-order valence-electron chi connectivity index (χ2n) is 3.37. The molecule has 7 nitrogen and oxygen atoms in total. The first-order valence-corrected chi connectivity index (χ1v) is 5.17. The Morgan fingerprint density at radius 2 is 2.06 bits per heavy atom. The van der Waals surface area contributed by atoms with Crippen molar-refractivity contribution < 1.29 is 29.5 Å². The largest absolute Gasteiger partial charge is 0.600 e. The van der Waals surface area contributed by atoms with Gasteiger partial charge in [0.2, 0.25) is 0 Å². The molecule has 0 saturated carbocycles. The van der Waals surface area contributed by atoms with Crippen molar-refractivity contribution in [2.75, 3.05) is 13.7 Å². The van der Waals surface area contributed by atoms with E-state index in [1.807, 2.05) is 0 Å². The minimum atomic E-state index is -1.18. The molecule has 0 amide bonds. The van der Waals surface area contributed by atoms with Crippen molar-refractivity contribution in [3.8, 4) is 5.75 Å². The summed E-state index contributed by atoms with van der Waals surface area (Å²) in [6, 6.07) is 5.80. The van der Waals surface area contributed by atoms with E-state index in [0.29, 0.717) is 0 Å². The number of quaternary nitrogens is 1. The fraction of sp³-hybridized carbons (Fsp3) is 0.273. The smallest absolute Gasteiger partial charge is 0.339 e. The van der Waals surface area contributed by atoms with Crippen molar-refractivity contribution in [2.24, 2.45) is 0 Å². The van der Waals surface area contributed by atoms with Crippen molar-refractivity contribution in [2.45, 2.75) is 6.42 Å². The molecule has 0 aliphatic heterocycles. The van der Waals surface area contributed by atoms with Gasteiger partial charge >= 0.3 is 11.9 Å². The highest BCUT2D eigenvalue weighted by atomic mass is 16.9. The van der Waals surface area contributed by atoms with E-state index < -0.39 is 17.2 Å². The number of para-hydroxylation sites is 1. The Hall–Kier alpha value is -1.96. The minimum absolute atomic E-state index is 0.0298. The Morgan fingerprint density at radius 1 is 1.39 bits per heavy atom. The fourth-order valence-corrected chi connectivity index (χ4v) is 1.18. The van der Waals surface area contributed by atoms with Gasteiger partial charge in [-0.1, -0.05) is 12.1 Å². The summed E-state index contributed by atoms with van der Waals surface area (Å²) >= 11 is 0. The number of nitrogens with one attached hydrogen (secondary N) is 1. The number of carbonyl (C=O) groups excluding carboxylic acids is 1. The quantitative estimate of drug-likeness (QED) is 0.408. The van der Waals surface area contributed by atoms with Gasteiger partial charge in [-0.3, -0.25) is 4.79 Å². The van der Waals surface area contributed by atoms with Crippen LogP contribution in [0.25, 0.3) is 0 Å². The van der Waals surface area contributed by atoms with Crippen LogP contribution >= 0.6 is 0 Å². The highest BCUT2D eigenvalue weighted by molar-refractivity contribution is 5.91. The summed E-state index contributed by atoms with van der Waals surface area (Å²) in [6.45, 7) is -0.0938. The summed E-state index contributed by atoms with van der Waals surface area (Å²) in [6.07, 6.45) is -0.131. The molecule has 18 heavy (non-hydrogen) atoms. The van der Waals surface area contributed by atoms with Crippen LogP contribution in [0.3, 0.4) is 0 Å². The average molecular weight is 255 g/mol. The van der Waals surface area contributed by atoms with E-state index in [-0.39, 0.29) is 24.3 Å². The Bertz CT molecular complexity index is 431. The molecule has 1 rings (SSSR count). The maximum Gasteiger partial charge on any atom is 0.339 e. The van der Waals surface area contributed by atoms with Crippen molar-refractivity contribution in [3.63, 3.8) is 0 Å². The fourth-order valence-electron chi connectivity index (χ4n) is 1.18. The first-order chi connectivity index (χ1) is 8.50. The van der Waals surface area contributed by atoms with Gasteiger partial charge in [-0.25, -0.2) is 14.9 Å². The van der Waals surface area contributed by atoms with Crippen LogP contribution in [0.4, 0.5) is 0 Å². The van der Waals surface area contributed by atoms with Crippen LogP contribution in [0.2, 0.25) is 0 Å². The molecule has 98 valence electrons. The van der Waals surface area contributed by atoms with E-state index in [9.17, 15) is 14.8 Å². The van der Waals surface area contributed by atoms with Gasteiger partial charge < -0.3 is 15.1 Å². The molecule has 0 heterocycles. The first kappa shape index (κ1) is 14.1. The summed E-state index contributed by atoms with van der Waals surface area (Å²) in [5.74, 6) is -1.87. The standard InChI is InChI=1S/C11H13NO6/c1-12(16)17-7-6-10(13)18-9-5-3-2-4-8(9)11(14)15/h2-5,12H,6-7H2,1H3,(H,14,15). The first-order valence-electron chi connectivity index (χ1n) is 5.17. The predicted octanol–water partition coefficient (Wildman–Crippen LogP) is -0.376. The van der Waals surface area contributed by atoms with Crippen molar-refractivity contribution >= 4 is 11.9 Å². The van der Waals surface area contributed by atoms with E-state index in [2.05, 4.69) is 4.84 Å². The Balaban J connectivity index is 2.56. The van der Waals surface area contributed by atoms with Gasteiger partial charge in [0.25, 0.3) is 0 Å². The van der Waals surface area contributed by atoms with Crippen LogP contribution in [0.15, 0.2) is 24.3 Å². The van der Waals surface area contributed by atoms with E-state index >= 15 is 0 Å². The number of hydrogen-bond donors (Lipinski definition) is 2. The summed E-state index contributed by atoms with van der Waals surface area (Å²) in [4.78, 5) is 26.8. The number of hydrogen-bond acceptors (Lipinski definition) is 5. The number of esters is 1. The molecular weight excluding hydrogens is 242 g/mol. The predicted molar refractivity (Wildman–Crippen MR) is 59.9 cm³/mol. The molecule has 1 aromatic carbocycles. The van der Waals surface area contributed by atoms with Crippen LogP contribution in [-0.4, -0.2) is 30.7 Å². The van der Waals surface area contributed by atoms with Crippen LogP contribution < -0.4 is 9.96 Å². The molecule has 1 atom stereocenters. The monoisotopic (exact) mass is 255 g/mol. The molecule has 1 unspecified atom stereocenters. The van der Waals surface area contributed by atoms with E-state index in [1.165, 1.54) is 25.2 Å². The zero-order valence-electron chi connectivity index (χ0n) is 9.71. The number of ether oxygens (including phenoxy) is 1. The lowest BCUT2D eigenvalue weighted by atomic mass is 10.2. The van der Waals surface area contributed by atoms with Gasteiger partial charge in [0, 0.05) is 0 Å². The number of benzene rings is 1. The van der Waals surface area contributed by atoms with Gasteiger partial charge in [-0.05, 0) is 12.1 Å². The minimum Gasteiger partial charge on any atom is -0.600 e. The Morgan fingerprint density at radius 3 is 2.67 bits per heavy atom. The Labute approximate surface area is 103 Å². The van der Waals surface area contributed by atoms with E-state index in [1.54, 1.807) is 6.07 Å². The van der Waals surface area contributed by atoms with Crippen molar-refractivity contribution in [3.05, 3.63) is 35.0 Å². The molecule has 0 saturated heterocycles. The summed E-state index contributed by atoms with van der Waals surface area (Å²) in [5, 5.41) is 18.8. The number of carbonyl (C=O) groups is 2. The highest BCUT2D eigenvalue weighted by Gasteiger charge is 2.13. The summed E-state index contributed by atoms with van der Waals surface area (Å²) in [5.41, 5.74) is -0.0988. The third kappa shape index (κ3) is 4.50. The highest BCUT2D eigenvalue weighted by Crippen LogP contribution is 2.18. The molecule has 7 heteroatoms. The van der Waals surface area contributed by atoms with Gasteiger partial charge in [-0.15, -0.1) is 0 Å². The number of carboxylic acids is 1. The van der Waals surface area contributed by atoms with E-state index in [4.69, 9.17) is 9.84 Å².